The van der Waals surface area contributed by atoms with Crippen molar-refractivity contribution in [3.8, 4) is 6.19 Å². The Kier molecular flexibility index (Phi) is 11.7. The number of carbonyl (C=O) groups is 1. The Labute approximate surface area is 52.9 Å². The topological polar surface area (TPSA) is 113 Å². The molecule has 0 radical (unpaired) electrons. The maximum Gasteiger partial charge on any atom is 0.304 e. The minimum absolute atomic E-state index is 0.0694. The van der Waals surface area contributed by atoms with Crippen LogP contribution in [0.3, 0.4) is 0 Å². The Hall–Kier alpha value is -1.28. The molecule has 0 saturated carbocycles. The molecule has 0 heterocycles. The molecule has 0 saturated heterocycles. The number of carboxylic acids is 1. The lowest BCUT2D eigenvalue weighted by atomic mass is 10.5. The highest BCUT2D eigenvalue weighted by atomic mass is 16.4. The van der Waals surface area contributed by atoms with E-state index < -0.39 is 5.97 Å². The Morgan fingerprint density at radius 2 is 2.11 bits per heavy atom. The highest BCUT2D eigenvalue weighted by molar-refractivity contribution is 5.66. The standard InChI is InChI=1S/C3H7NO2.CH2N2/c4-2-1-3(5)6;2-1-3/h1-2,4H2,(H,5,6);2H2. The lowest BCUT2D eigenvalue weighted by Crippen LogP contribution is -2.05. The number of aliphatic carboxylic acids is 1. The average molecular weight is 131 g/mol. The first-order chi connectivity index (χ1) is 4.18. The maximum atomic E-state index is 9.52. The van der Waals surface area contributed by atoms with Crippen molar-refractivity contribution in [1.29, 1.82) is 5.26 Å². The first kappa shape index (κ1) is 10.7. The molecule has 0 fully saturated rings. The fourth-order valence-electron chi connectivity index (χ4n) is 0.123. The molecule has 0 aromatic heterocycles. The van der Waals surface area contributed by atoms with Gasteiger partial charge in [0.2, 0.25) is 0 Å². The lowest BCUT2D eigenvalue weighted by Gasteiger charge is -1.80. The molecule has 0 aliphatic rings. The largest absolute Gasteiger partial charge is 0.481 e. The minimum Gasteiger partial charge on any atom is -0.481 e. The van der Waals surface area contributed by atoms with Gasteiger partial charge in [-0.3, -0.25) is 4.79 Å². The number of nitrogens with two attached hydrogens (primary N) is 2. The van der Waals surface area contributed by atoms with Gasteiger partial charge >= 0.3 is 5.97 Å². The quantitative estimate of drug-likeness (QED) is 0.323. The summed E-state index contributed by atoms with van der Waals surface area (Å²) in [6.45, 7) is 0.231. The van der Waals surface area contributed by atoms with E-state index >= 15 is 0 Å². The van der Waals surface area contributed by atoms with E-state index in [1.807, 2.05) is 0 Å². The Bertz CT molecular complexity index is 107. The summed E-state index contributed by atoms with van der Waals surface area (Å²) in [7, 11) is 0. The molecule has 0 unspecified atom stereocenters. The van der Waals surface area contributed by atoms with Gasteiger partial charge in [-0.1, -0.05) is 0 Å². The molecule has 0 spiro atoms. The molecular weight excluding hydrogens is 122 g/mol. The number of hydrogen-bond donors (Lipinski definition) is 3. The lowest BCUT2D eigenvalue weighted by molar-refractivity contribution is -0.136. The second-order valence-corrected chi connectivity index (χ2v) is 1.06. The molecule has 9 heavy (non-hydrogen) atoms. The second-order valence-electron chi connectivity index (χ2n) is 1.06. The summed E-state index contributed by atoms with van der Waals surface area (Å²) in [4.78, 5) is 9.52. The van der Waals surface area contributed by atoms with Crippen LogP contribution in [0.1, 0.15) is 6.42 Å². The van der Waals surface area contributed by atoms with Gasteiger partial charge in [0.25, 0.3) is 0 Å². The fraction of sp³-hybridized carbons (Fsp3) is 0.500. The van der Waals surface area contributed by atoms with E-state index in [0.29, 0.717) is 0 Å². The third-order valence-electron chi connectivity index (χ3n) is 0.358. The van der Waals surface area contributed by atoms with Crippen LogP contribution in [-0.2, 0) is 4.79 Å². The maximum absolute atomic E-state index is 9.52. The van der Waals surface area contributed by atoms with Gasteiger partial charge in [0.15, 0.2) is 6.19 Å². The molecule has 5 nitrogen and oxygen atoms in total. The van der Waals surface area contributed by atoms with Gasteiger partial charge in [0.05, 0.1) is 6.42 Å². The van der Waals surface area contributed by atoms with E-state index in [1.54, 1.807) is 0 Å². The summed E-state index contributed by atoms with van der Waals surface area (Å²) >= 11 is 0. The van der Waals surface area contributed by atoms with Gasteiger partial charge < -0.3 is 16.6 Å². The monoisotopic (exact) mass is 131 g/mol. The van der Waals surface area contributed by atoms with Crippen molar-refractivity contribution in [1.82, 2.24) is 0 Å². The molecule has 0 aliphatic heterocycles. The Balaban J connectivity index is 0. The van der Waals surface area contributed by atoms with Gasteiger partial charge in [0.1, 0.15) is 0 Å². The molecule has 0 bridgehead atoms. The van der Waals surface area contributed by atoms with E-state index in [1.165, 1.54) is 6.19 Å². The van der Waals surface area contributed by atoms with Gasteiger partial charge in [-0.05, 0) is 0 Å². The van der Waals surface area contributed by atoms with Crippen molar-refractivity contribution < 1.29 is 9.90 Å². The summed E-state index contributed by atoms with van der Waals surface area (Å²) in [6, 6.07) is 0. The van der Waals surface area contributed by atoms with Crippen molar-refractivity contribution in [3.63, 3.8) is 0 Å². The third kappa shape index (κ3) is 50.6. The number of hydrogen-bond acceptors (Lipinski definition) is 4. The molecule has 0 rings (SSSR count). The number of nitrogens with zero attached hydrogens (tertiary/aromatic N) is 1. The average Bonchev–Trinajstić information content (AvgIpc) is 1.67. The van der Waals surface area contributed by atoms with E-state index in [-0.39, 0.29) is 13.0 Å². The first-order valence-electron chi connectivity index (χ1n) is 2.20. The molecule has 0 aliphatic carbocycles. The predicted octanol–water partition coefficient (Wildman–Crippen LogP) is -1.15. The van der Waals surface area contributed by atoms with Crippen LogP contribution in [-0.4, -0.2) is 17.6 Å². The number of nitriles is 1. The van der Waals surface area contributed by atoms with Crippen LogP contribution in [0.2, 0.25) is 0 Å². The normalized spacial score (nSPS) is 6.22. The van der Waals surface area contributed by atoms with E-state index in [9.17, 15) is 4.79 Å². The number of rotatable bonds is 2. The van der Waals surface area contributed by atoms with Crippen molar-refractivity contribution in [2.45, 2.75) is 6.42 Å². The van der Waals surface area contributed by atoms with Crippen LogP contribution in [0.4, 0.5) is 0 Å². The van der Waals surface area contributed by atoms with Crippen molar-refractivity contribution >= 4 is 5.97 Å². The summed E-state index contributed by atoms with van der Waals surface area (Å²) in [5.74, 6) is -0.836. The van der Waals surface area contributed by atoms with Crippen LogP contribution < -0.4 is 11.5 Å². The summed E-state index contributed by atoms with van der Waals surface area (Å²) < 4.78 is 0. The van der Waals surface area contributed by atoms with E-state index in [4.69, 9.17) is 16.1 Å². The van der Waals surface area contributed by atoms with Crippen LogP contribution in [0.5, 0.6) is 0 Å². The first-order valence-corrected chi connectivity index (χ1v) is 2.20. The predicted molar refractivity (Wildman–Crippen MR) is 31.1 cm³/mol. The van der Waals surface area contributed by atoms with E-state index in [2.05, 4.69) is 5.73 Å². The van der Waals surface area contributed by atoms with E-state index in [0.717, 1.165) is 0 Å². The molecule has 0 atom stereocenters. The smallest absolute Gasteiger partial charge is 0.304 e. The second kappa shape index (κ2) is 9.87. The van der Waals surface area contributed by atoms with Crippen LogP contribution in [0, 0.1) is 11.5 Å². The van der Waals surface area contributed by atoms with Crippen molar-refractivity contribution in [3.05, 3.63) is 0 Å². The molecule has 5 heteroatoms. The zero-order chi connectivity index (χ0) is 7.70. The molecular formula is C4H9N3O2. The molecule has 0 amide bonds. The molecule has 5 N–H and O–H groups in total. The molecule has 0 aromatic carbocycles. The molecule has 0 aromatic rings. The van der Waals surface area contributed by atoms with Gasteiger partial charge in [-0.2, -0.15) is 5.26 Å². The third-order valence-corrected chi connectivity index (χ3v) is 0.358. The molecule has 52 valence electrons. The fourth-order valence-corrected chi connectivity index (χ4v) is 0.123. The van der Waals surface area contributed by atoms with Crippen LogP contribution in [0.15, 0.2) is 0 Å². The van der Waals surface area contributed by atoms with Crippen LogP contribution in [0.25, 0.3) is 0 Å². The number of carboxylic acid groups (broad SMARTS) is 1. The highest BCUT2D eigenvalue weighted by Crippen LogP contribution is 1.67. The Morgan fingerprint density at radius 1 is 1.78 bits per heavy atom. The van der Waals surface area contributed by atoms with Crippen LogP contribution >= 0.6 is 0 Å². The van der Waals surface area contributed by atoms with Crippen molar-refractivity contribution in [2.75, 3.05) is 6.54 Å². The summed E-state index contributed by atoms with van der Waals surface area (Å²) in [6.07, 6.45) is 1.32. The van der Waals surface area contributed by atoms with Gasteiger partial charge in [-0.15, -0.1) is 0 Å². The van der Waals surface area contributed by atoms with Gasteiger partial charge in [0, 0.05) is 6.54 Å². The zero-order valence-corrected chi connectivity index (χ0v) is 4.87. The minimum atomic E-state index is -0.836. The Morgan fingerprint density at radius 3 is 2.11 bits per heavy atom. The summed E-state index contributed by atoms with van der Waals surface area (Å²) in [5, 5.41) is 14.9. The summed E-state index contributed by atoms with van der Waals surface area (Å²) in [5.41, 5.74) is 9.00. The van der Waals surface area contributed by atoms with Crippen molar-refractivity contribution in [2.24, 2.45) is 11.5 Å². The highest BCUT2D eigenvalue weighted by Gasteiger charge is 1.87. The zero-order valence-electron chi connectivity index (χ0n) is 4.87. The SMILES string of the molecule is N#CN.NCCC(=O)O. The van der Waals surface area contributed by atoms with Gasteiger partial charge in [-0.25, -0.2) is 0 Å².